The van der Waals surface area contributed by atoms with Crippen LogP contribution in [0.5, 0.6) is 0 Å². The molecule has 3 nitrogen and oxygen atoms in total. The van der Waals surface area contributed by atoms with Crippen LogP contribution in [0.2, 0.25) is 0 Å². The summed E-state index contributed by atoms with van der Waals surface area (Å²) in [5.74, 6) is -2.03. The zero-order valence-electron chi connectivity index (χ0n) is 7.61. The second kappa shape index (κ2) is 5.02. The molecule has 5 heteroatoms. The Bertz CT molecular complexity index is 392. The third kappa shape index (κ3) is 3.43. The molecule has 0 heterocycles. The number of aliphatic carboxylic acids is 1. The Morgan fingerprint density at radius 1 is 1.47 bits per heavy atom. The van der Waals surface area contributed by atoms with Gasteiger partial charge in [0.1, 0.15) is 10.6 Å². The highest BCUT2D eigenvalue weighted by atomic mass is 79.9. The quantitative estimate of drug-likeness (QED) is 0.677. The Balaban J connectivity index is 2.73. The molecule has 80 valence electrons. The molecule has 15 heavy (non-hydrogen) atoms. The molecule has 0 aliphatic rings. The van der Waals surface area contributed by atoms with Gasteiger partial charge in [0, 0.05) is 12.0 Å². The van der Waals surface area contributed by atoms with E-state index in [0.29, 0.717) is 0 Å². The lowest BCUT2D eigenvalue weighted by atomic mass is 10.1. The average Bonchev–Trinajstić information content (AvgIpc) is 2.17. The fraction of sp³-hybridized carbons (Fsp3) is 0.200. The summed E-state index contributed by atoms with van der Waals surface area (Å²) in [6.45, 7) is 0. The van der Waals surface area contributed by atoms with Crippen LogP contribution in [0.15, 0.2) is 24.3 Å². The molecule has 0 saturated carbocycles. The van der Waals surface area contributed by atoms with Gasteiger partial charge in [-0.3, -0.25) is 9.59 Å². The first-order valence-electron chi connectivity index (χ1n) is 4.16. The molecule has 0 radical (unpaired) electrons. The van der Waals surface area contributed by atoms with Crippen molar-refractivity contribution in [2.24, 2.45) is 0 Å². The Hall–Kier alpha value is -1.23. The predicted molar refractivity (Wildman–Crippen MR) is 55.7 cm³/mol. The molecule has 1 N–H and O–H groups in total. The van der Waals surface area contributed by atoms with Gasteiger partial charge in [0.15, 0.2) is 5.78 Å². The molecule has 0 bridgehead atoms. The summed E-state index contributed by atoms with van der Waals surface area (Å²) in [5, 5.41) is 8.56. The van der Waals surface area contributed by atoms with Gasteiger partial charge in [-0.2, -0.15) is 0 Å². The molecule has 0 fully saturated rings. The van der Waals surface area contributed by atoms with E-state index in [1.165, 1.54) is 18.2 Å². The first kappa shape index (κ1) is 11.8. The van der Waals surface area contributed by atoms with E-state index in [1.54, 1.807) is 0 Å². The number of benzene rings is 1. The maximum absolute atomic E-state index is 12.7. The Labute approximate surface area is 94.0 Å². The summed E-state index contributed by atoms with van der Waals surface area (Å²) in [6, 6.07) is 5.17. The number of carboxylic acid groups (broad SMARTS) is 1. The van der Waals surface area contributed by atoms with Crippen LogP contribution in [0.1, 0.15) is 16.8 Å². The van der Waals surface area contributed by atoms with Crippen molar-refractivity contribution < 1.29 is 19.1 Å². The molecule has 0 aliphatic carbocycles. The van der Waals surface area contributed by atoms with Crippen molar-refractivity contribution in [1.29, 1.82) is 0 Å². The summed E-state index contributed by atoms with van der Waals surface area (Å²) in [5.41, 5.74) is 0.181. The second-order valence-electron chi connectivity index (χ2n) is 2.94. The molecule has 0 saturated heterocycles. The molecule has 1 unspecified atom stereocenters. The smallest absolute Gasteiger partial charge is 0.317 e. The predicted octanol–water partition coefficient (Wildman–Crippen LogP) is 2.25. The standard InChI is InChI=1S/C10H8BrFO3/c11-8(10(14)15)5-9(13)6-2-1-3-7(12)4-6/h1-4,8H,5H2,(H,14,15). The number of hydrogen-bond acceptors (Lipinski definition) is 2. The highest BCUT2D eigenvalue weighted by molar-refractivity contribution is 9.10. The molecule has 0 aromatic heterocycles. The van der Waals surface area contributed by atoms with Gasteiger partial charge in [0.05, 0.1) is 0 Å². The lowest BCUT2D eigenvalue weighted by molar-refractivity contribution is -0.136. The highest BCUT2D eigenvalue weighted by Crippen LogP contribution is 2.12. The van der Waals surface area contributed by atoms with E-state index in [2.05, 4.69) is 15.9 Å². The van der Waals surface area contributed by atoms with Crippen LogP contribution >= 0.6 is 15.9 Å². The number of hydrogen-bond donors (Lipinski definition) is 1. The Kier molecular flexibility index (Phi) is 3.96. The van der Waals surface area contributed by atoms with Crippen molar-refractivity contribution in [3.63, 3.8) is 0 Å². The number of alkyl halides is 1. The van der Waals surface area contributed by atoms with E-state index in [0.717, 1.165) is 6.07 Å². The van der Waals surface area contributed by atoms with Gasteiger partial charge >= 0.3 is 5.97 Å². The van der Waals surface area contributed by atoms with Crippen molar-refractivity contribution in [3.05, 3.63) is 35.6 Å². The Morgan fingerprint density at radius 3 is 2.67 bits per heavy atom. The van der Waals surface area contributed by atoms with Gasteiger partial charge in [-0.25, -0.2) is 4.39 Å². The maximum atomic E-state index is 12.7. The number of carboxylic acids is 1. The fourth-order valence-electron chi connectivity index (χ4n) is 1.03. The lowest BCUT2D eigenvalue weighted by Crippen LogP contribution is -2.17. The van der Waals surface area contributed by atoms with E-state index < -0.39 is 22.4 Å². The number of rotatable bonds is 4. The van der Waals surface area contributed by atoms with Crippen molar-refractivity contribution in [1.82, 2.24) is 0 Å². The number of halogens is 2. The zero-order chi connectivity index (χ0) is 11.4. The van der Waals surface area contributed by atoms with Gasteiger partial charge in [-0.05, 0) is 12.1 Å². The average molecular weight is 275 g/mol. The molecule has 0 aliphatic heterocycles. The lowest BCUT2D eigenvalue weighted by Gasteiger charge is -2.03. The number of carbonyl (C=O) groups is 2. The number of carbonyl (C=O) groups excluding carboxylic acids is 1. The van der Waals surface area contributed by atoms with Crippen molar-refractivity contribution >= 4 is 27.7 Å². The molecule has 1 rings (SSSR count). The van der Waals surface area contributed by atoms with Crippen LogP contribution in [0.4, 0.5) is 4.39 Å². The van der Waals surface area contributed by atoms with Gasteiger partial charge in [0.25, 0.3) is 0 Å². The zero-order valence-corrected chi connectivity index (χ0v) is 9.20. The fourth-order valence-corrected chi connectivity index (χ4v) is 1.32. The van der Waals surface area contributed by atoms with E-state index in [1.807, 2.05) is 0 Å². The minimum atomic E-state index is -1.11. The minimum absolute atomic E-state index is 0.181. The SMILES string of the molecule is O=C(CC(Br)C(=O)O)c1cccc(F)c1. The normalized spacial score (nSPS) is 12.1. The second-order valence-corrected chi connectivity index (χ2v) is 4.05. The number of Topliss-reactive ketones (excluding diaryl/α,β-unsaturated/α-hetero) is 1. The molecular formula is C10H8BrFO3. The molecule has 0 amide bonds. The molecule has 1 aromatic carbocycles. The van der Waals surface area contributed by atoms with Gasteiger partial charge in [-0.1, -0.05) is 28.1 Å². The highest BCUT2D eigenvalue weighted by Gasteiger charge is 2.18. The third-order valence-corrected chi connectivity index (χ3v) is 2.49. The summed E-state index contributed by atoms with van der Waals surface area (Å²) in [7, 11) is 0. The van der Waals surface area contributed by atoms with Gasteiger partial charge < -0.3 is 5.11 Å². The first-order valence-corrected chi connectivity index (χ1v) is 5.08. The van der Waals surface area contributed by atoms with Crippen LogP contribution in [-0.2, 0) is 4.79 Å². The first-order chi connectivity index (χ1) is 7.00. The maximum Gasteiger partial charge on any atom is 0.317 e. The third-order valence-electron chi connectivity index (χ3n) is 1.78. The molecule has 1 atom stereocenters. The Morgan fingerprint density at radius 2 is 2.13 bits per heavy atom. The van der Waals surface area contributed by atoms with Crippen LogP contribution < -0.4 is 0 Å². The van der Waals surface area contributed by atoms with Gasteiger partial charge in [0.2, 0.25) is 0 Å². The monoisotopic (exact) mass is 274 g/mol. The van der Waals surface area contributed by atoms with E-state index in [9.17, 15) is 14.0 Å². The van der Waals surface area contributed by atoms with Crippen molar-refractivity contribution in [3.8, 4) is 0 Å². The van der Waals surface area contributed by atoms with Crippen LogP contribution in [0.25, 0.3) is 0 Å². The molecule has 1 aromatic rings. The van der Waals surface area contributed by atoms with Crippen molar-refractivity contribution in [2.75, 3.05) is 0 Å². The molecular weight excluding hydrogens is 267 g/mol. The van der Waals surface area contributed by atoms with Crippen LogP contribution in [0, 0.1) is 5.82 Å². The molecule has 0 spiro atoms. The summed E-state index contributed by atoms with van der Waals surface area (Å²) < 4.78 is 12.7. The summed E-state index contributed by atoms with van der Waals surface area (Å²) >= 11 is 2.84. The summed E-state index contributed by atoms with van der Waals surface area (Å²) in [4.78, 5) is 21.0. The topological polar surface area (TPSA) is 54.4 Å². The van der Waals surface area contributed by atoms with E-state index in [4.69, 9.17) is 5.11 Å². The minimum Gasteiger partial charge on any atom is -0.480 e. The van der Waals surface area contributed by atoms with E-state index in [-0.39, 0.29) is 12.0 Å². The van der Waals surface area contributed by atoms with Gasteiger partial charge in [-0.15, -0.1) is 0 Å². The van der Waals surface area contributed by atoms with Crippen LogP contribution in [-0.4, -0.2) is 21.7 Å². The van der Waals surface area contributed by atoms with E-state index >= 15 is 0 Å². The summed E-state index contributed by atoms with van der Waals surface area (Å²) in [6.07, 6.45) is -0.196. The largest absolute Gasteiger partial charge is 0.480 e. The number of ketones is 1. The van der Waals surface area contributed by atoms with Crippen LogP contribution in [0.3, 0.4) is 0 Å². The van der Waals surface area contributed by atoms with Crippen molar-refractivity contribution in [2.45, 2.75) is 11.2 Å².